The zero-order valence-electron chi connectivity index (χ0n) is 34.2. The van der Waals surface area contributed by atoms with Crippen LogP contribution >= 0.6 is 11.3 Å². The molecule has 3 heterocycles. The molecule has 6 aliphatic rings. The molecule has 15 rings (SSSR count). The number of benzene rings is 7. The lowest BCUT2D eigenvalue weighted by molar-refractivity contribution is -0.0419. The molecule has 7 aromatic carbocycles. The molecule has 0 N–H and O–H groups in total. The Hall–Kier alpha value is -6.16. The van der Waals surface area contributed by atoms with E-state index in [2.05, 4.69) is 185 Å². The quantitative estimate of drug-likeness (QED) is 0.172. The maximum atomic E-state index is 2.64. The summed E-state index contributed by atoms with van der Waals surface area (Å²) in [4.78, 5) is 2.64. The summed E-state index contributed by atoms with van der Waals surface area (Å²) in [7, 11) is 0. The van der Waals surface area contributed by atoms with Gasteiger partial charge in [0, 0.05) is 42.7 Å². The van der Waals surface area contributed by atoms with Crippen molar-refractivity contribution in [3.8, 4) is 16.8 Å². The Morgan fingerprint density at radius 2 is 1.18 bits per heavy atom. The third-order valence-electron chi connectivity index (χ3n) is 15.9. The van der Waals surface area contributed by atoms with Gasteiger partial charge in [-0.2, -0.15) is 0 Å². The number of rotatable bonds is 4. The van der Waals surface area contributed by atoms with Crippen LogP contribution in [0.4, 0.5) is 17.1 Å². The van der Waals surface area contributed by atoms with Crippen molar-refractivity contribution in [2.24, 2.45) is 23.7 Å². The summed E-state index contributed by atoms with van der Waals surface area (Å²) in [5, 5.41) is 5.37. The highest BCUT2D eigenvalue weighted by molar-refractivity contribution is 7.17. The Labute approximate surface area is 360 Å². The van der Waals surface area contributed by atoms with Crippen molar-refractivity contribution < 1.29 is 0 Å². The van der Waals surface area contributed by atoms with Gasteiger partial charge in [0.2, 0.25) is 0 Å². The molecule has 61 heavy (non-hydrogen) atoms. The average Bonchev–Trinajstić information content (AvgIpc) is 3.86. The first-order chi connectivity index (χ1) is 30.2. The van der Waals surface area contributed by atoms with E-state index in [1.807, 2.05) is 11.3 Å². The fourth-order valence-corrected chi connectivity index (χ4v) is 15.0. The van der Waals surface area contributed by atoms with Crippen LogP contribution in [0.1, 0.15) is 61.1 Å². The van der Waals surface area contributed by atoms with Gasteiger partial charge < -0.3 is 9.47 Å². The van der Waals surface area contributed by atoms with Gasteiger partial charge in [-0.1, -0.05) is 121 Å². The number of aromatic nitrogens is 1. The van der Waals surface area contributed by atoms with Crippen LogP contribution < -0.4 is 14.7 Å². The zero-order chi connectivity index (χ0) is 39.8. The second-order valence-electron chi connectivity index (χ2n) is 18.8. The molecule has 4 bridgehead atoms. The van der Waals surface area contributed by atoms with Crippen molar-refractivity contribution in [1.29, 1.82) is 0 Å². The molecule has 1 unspecified atom stereocenters. The van der Waals surface area contributed by atoms with E-state index in [0.29, 0.717) is 11.8 Å². The largest absolute Gasteiger partial charge is 0.310 e. The number of fused-ring (bicyclic) bond motifs is 8. The fraction of sp³-hybridized carbons (Fsp3) is 0.207. The minimum Gasteiger partial charge on any atom is -0.310 e. The third kappa shape index (κ3) is 4.79. The number of hydrogen-bond donors (Lipinski definition) is 0. The second kappa shape index (κ2) is 12.9. The van der Waals surface area contributed by atoms with Crippen molar-refractivity contribution in [2.75, 3.05) is 4.90 Å². The molecule has 1 atom stereocenters. The Morgan fingerprint density at radius 3 is 1.95 bits per heavy atom. The van der Waals surface area contributed by atoms with Crippen LogP contribution in [-0.2, 0) is 5.41 Å². The summed E-state index contributed by atoms with van der Waals surface area (Å²) >= 11 is 1.93. The van der Waals surface area contributed by atoms with E-state index < -0.39 is 0 Å². The molecule has 294 valence electrons. The molecule has 1 aliphatic heterocycles. The Bertz CT molecular complexity index is 3310. The fourth-order valence-electron chi connectivity index (χ4n) is 13.9. The normalized spacial score (nSPS) is 22.9. The molecule has 2 nitrogen and oxygen atoms in total. The number of hydrogen-bond acceptors (Lipinski definition) is 2. The predicted octanol–water partition coefficient (Wildman–Crippen LogP) is 13.9. The first-order valence-electron chi connectivity index (χ1n) is 22.6. The minimum atomic E-state index is 0.0820. The molecule has 0 saturated heterocycles. The Morgan fingerprint density at radius 1 is 0.525 bits per heavy atom. The van der Waals surface area contributed by atoms with Crippen LogP contribution in [0.15, 0.2) is 164 Å². The van der Waals surface area contributed by atoms with E-state index in [-0.39, 0.29) is 11.3 Å². The Balaban J connectivity index is 1.03. The average molecular weight is 803 g/mol. The monoisotopic (exact) mass is 802 g/mol. The van der Waals surface area contributed by atoms with E-state index in [1.54, 1.807) is 11.1 Å². The van der Waals surface area contributed by atoms with E-state index in [1.165, 1.54) is 113 Å². The van der Waals surface area contributed by atoms with E-state index in [9.17, 15) is 0 Å². The first-order valence-corrected chi connectivity index (χ1v) is 23.4. The van der Waals surface area contributed by atoms with E-state index in [0.717, 1.165) is 18.3 Å². The molecule has 1 spiro atoms. The topological polar surface area (TPSA) is 8.17 Å². The highest BCUT2D eigenvalue weighted by Crippen LogP contribution is 2.69. The van der Waals surface area contributed by atoms with Crippen LogP contribution in [0, 0.1) is 23.7 Å². The van der Waals surface area contributed by atoms with E-state index >= 15 is 0 Å². The Kier molecular flexibility index (Phi) is 7.32. The van der Waals surface area contributed by atoms with Gasteiger partial charge in [-0.05, 0) is 155 Å². The second-order valence-corrected chi connectivity index (χ2v) is 19.9. The van der Waals surface area contributed by atoms with Gasteiger partial charge in [-0.25, -0.2) is 0 Å². The van der Waals surface area contributed by atoms with Crippen LogP contribution in [0.3, 0.4) is 0 Å². The number of para-hydroxylation sites is 4. The summed E-state index contributed by atoms with van der Waals surface area (Å²) in [6, 6.07) is 62.5. The maximum absolute atomic E-state index is 2.64. The van der Waals surface area contributed by atoms with Gasteiger partial charge in [0.05, 0.1) is 22.4 Å². The molecule has 9 aromatic rings. The highest BCUT2D eigenvalue weighted by atomic mass is 32.1. The lowest BCUT2D eigenvalue weighted by atomic mass is 9.41. The van der Waals surface area contributed by atoms with Gasteiger partial charge in [0.15, 0.2) is 0 Å². The van der Waals surface area contributed by atoms with Crippen LogP contribution in [0.5, 0.6) is 0 Å². The maximum Gasteiger partial charge on any atom is 0.0547 e. The summed E-state index contributed by atoms with van der Waals surface area (Å²) < 4.78 is 5.24. The van der Waals surface area contributed by atoms with Gasteiger partial charge in [0.1, 0.15) is 0 Å². The van der Waals surface area contributed by atoms with Crippen LogP contribution in [0.2, 0.25) is 0 Å². The lowest BCUT2D eigenvalue weighted by Gasteiger charge is -2.64. The van der Waals surface area contributed by atoms with Crippen molar-refractivity contribution in [2.45, 2.75) is 49.9 Å². The SMILES string of the molecule is C1=c2sc3ccccc3c2=CC(c2ccc(N3c4ccccc4C4(c5ccccc53)C3CC5CC(C3)CC4C5)cc2-c2cccc3c2c2ccccc2n3-c2ccccc2)C1. The number of anilines is 3. The third-order valence-corrected chi connectivity index (χ3v) is 17.1. The molecule has 4 fully saturated rings. The molecular weight excluding hydrogens is 757 g/mol. The molecule has 3 heteroatoms. The minimum absolute atomic E-state index is 0.0820. The van der Waals surface area contributed by atoms with Gasteiger partial charge in [0.25, 0.3) is 0 Å². The molecule has 0 radical (unpaired) electrons. The van der Waals surface area contributed by atoms with Gasteiger partial charge in [-0.3, -0.25) is 0 Å². The van der Waals surface area contributed by atoms with E-state index in [4.69, 9.17) is 0 Å². The predicted molar refractivity (Wildman–Crippen MR) is 256 cm³/mol. The standard InChI is InChI=1S/C58H46N2S/c1-2-13-41(14-3-1)59-51-20-8-4-16-46(51)57-45(17-12-23-54(57)59)47-35-42(26-27-43(47)38-25-28-56-48(34-38)44-15-5-11-24-55(44)61-56)60-52-21-9-6-18-49(52)58(50-19-7-10-22-53(50)60)39-30-36-29-37(32-39)33-40(58)31-36/h1-24,26-28,34-40H,25,29-33H2. The smallest absolute Gasteiger partial charge is 0.0547 e. The van der Waals surface area contributed by atoms with Crippen molar-refractivity contribution in [3.05, 3.63) is 190 Å². The molecule has 0 amide bonds. The summed E-state index contributed by atoms with van der Waals surface area (Å²) in [5.74, 6) is 3.48. The van der Waals surface area contributed by atoms with Crippen molar-refractivity contribution in [1.82, 2.24) is 4.57 Å². The number of thiophene rings is 1. The van der Waals surface area contributed by atoms with Gasteiger partial charge >= 0.3 is 0 Å². The highest BCUT2D eigenvalue weighted by Gasteiger charge is 2.61. The molecule has 5 aliphatic carbocycles. The van der Waals surface area contributed by atoms with Crippen LogP contribution in [-0.4, -0.2) is 4.57 Å². The van der Waals surface area contributed by atoms with Crippen molar-refractivity contribution in [3.63, 3.8) is 0 Å². The number of nitrogens with zero attached hydrogens (tertiary/aromatic N) is 2. The zero-order valence-corrected chi connectivity index (χ0v) is 35.0. The van der Waals surface area contributed by atoms with Crippen LogP contribution in [0.25, 0.3) is 60.9 Å². The summed E-state index contributed by atoms with van der Waals surface area (Å²) in [6.07, 6.45) is 13.1. The lowest BCUT2D eigenvalue weighted by Crippen LogP contribution is -2.57. The molecule has 2 aromatic heterocycles. The molecule has 4 saturated carbocycles. The van der Waals surface area contributed by atoms with Crippen molar-refractivity contribution >= 4 is 72.4 Å². The summed E-state index contributed by atoms with van der Waals surface area (Å²) in [5.41, 5.74) is 14.9. The summed E-state index contributed by atoms with van der Waals surface area (Å²) in [6.45, 7) is 0. The van der Waals surface area contributed by atoms with Gasteiger partial charge in [-0.15, -0.1) is 11.3 Å². The first kappa shape index (κ1) is 34.5. The molecular formula is C58H46N2S.